The molecule has 2 aromatic rings. The highest BCUT2D eigenvalue weighted by molar-refractivity contribution is 5.80. The molecule has 0 aliphatic carbocycles. The van der Waals surface area contributed by atoms with Gasteiger partial charge in [-0.05, 0) is 70.2 Å². The van der Waals surface area contributed by atoms with Gasteiger partial charge in [-0.1, -0.05) is 20.3 Å². The molecule has 2 unspecified atom stereocenters. The van der Waals surface area contributed by atoms with E-state index in [0.29, 0.717) is 13.1 Å². The summed E-state index contributed by atoms with van der Waals surface area (Å²) in [5.41, 5.74) is 3.93. The van der Waals surface area contributed by atoms with E-state index in [1.165, 1.54) is 11.3 Å². The van der Waals surface area contributed by atoms with Gasteiger partial charge in [-0.25, -0.2) is 4.79 Å². The number of hydrogen-bond acceptors (Lipinski definition) is 5. The number of methoxy groups -OCH3 is 2. The summed E-state index contributed by atoms with van der Waals surface area (Å²) < 4.78 is 13.4. The van der Waals surface area contributed by atoms with Gasteiger partial charge in [0.25, 0.3) is 0 Å². The summed E-state index contributed by atoms with van der Waals surface area (Å²) >= 11 is 0. The molecule has 0 spiro atoms. The Morgan fingerprint density at radius 2 is 1.92 bits per heavy atom. The standard InChI is InChI=1S/C29H45N5O3/c1-9-11-29(12-13-30-18-23-14-21(4)31-32(23)6)28(5)17-20(3)26-22(15-24(36-7)16-25(26)37-8)19-34(28)27(35)33(29)10-2/h14-16,20,30H,9-13,17-19H2,1-8H3/t20-,28?,29?/m0/s1. The largest absolute Gasteiger partial charge is 0.497 e. The monoisotopic (exact) mass is 511 g/mol. The molecule has 8 nitrogen and oxygen atoms in total. The van der Waals surface area contributed by atoms with Crippen molar-refractivity contribution in [1.82, 2.24) is 24.9 Å². The van der Waals surface area contributed by atoms with Crippen LogP contribution in [0, 0.1) is 6.92 Å². The highest BCUT2D eigenvalue weighted by Crippen LogP contribution is 2.54. The summed E-state index contributed by atoms with van der Waals surface area (Å²) in [4.78, 5) is 18.4. The second-order valence-corrected chi connectivity index (χ2v) is 11.0. The highest BCUT2D eigenvalue weighted by atomic mass is 16.5. The van der Waals surface area contributed by atoms with Crippen molar-refractivity contribution in [3.05, 3.63) is 40.7 Å². The third kappa shape index (κ3) is 4.47. The van der Waals surface area contributed by atoms with E-state index in [0.717, 1.165) is 61.5 Å². The lowest BCUT2D eigenvalue weighted by molar-refractivity contribution is 0.0353. The number of likely N-dealkylation sites (N-methyl/N-ethyl adjacent to an activating group) is 1. The fraction of sp³-hybridized carbons (Fsp3) is 0.655. The smallest absolute Gasteiger partial charge is 0.321 e. The first kappa shape index (κ1) is 27.3. The van der Waals surface area contributed by atoms with Gasteiger partial charge < -0.3 is 24.6 Å². The van der Waals surface area contributed by atoms with Crippen molar-refractivity contribution in [2.75, 3.05) is 27.3 Å². The summed E-state index contributed by atoms with van der Waals surface area (Å²) in [6, 6.07) is 6.32. The number of ether oxygens (including phenoxy) is 2. The maximum Gasteiger partial charge on any atom is 0.321 e. The van der Waals surface area contributed by atoms with Gasteiger partial charge in [0, 0.05) is 38.3 Å². The van der Waals surface area contributed by atoms with Crippen LogP contribution in [0.4, 0.5) is 4.79 Å². The molecule has 0 bridgehead atoms. The molecular formula is C29H45N5O3. The minimum absolute atomic E-state index is 0.141. The zero-order valence-electron chi connectivity index (χ0n) is 24.0. The predicted octanol–water partition coefficient (Wildman–Crippen LogP) is 4.99. The average Bonchev–Trinajstić information content (AvgIpc) is 3.21. The second kappa shape index (κ2) is 10.6. The van der Waals surface area contributed by atoms with Crippen LogP contribution >= 0.6 is 0 Å². The Labute approximate surface area is 222 Å². The molecule has 3 atom stereocenters. The van der Waals surface area contributed by atoms with E-state index < -0.39 is 0 Å². The van der Waals surface area contributed by atoms with Crippen LogP contribution in [-0.4, -0.2) is 64.0 Å². The molecule has 1 N–H and O–H groups in total. The van der Waals surface area contributed by atoms with Crippen LogP contribution in [0.2, 0.25) is 0 Å². The first-order valence-electron chi connectivity index (χ1n) is 13.7. The van der Waals surface area contributed by atoms with Gasteiger partial charge in [-0.15, -0.1) is 0 Å². The lowest BCUT2D eigenvalue weighted by Crippen LogP contribution is -2.60. The summed E-state index contributed by atoms with van der Waals surface area (Å²) in [5, 5.41) is 8.13. The normalized spacial score (nSPS) is 25.2. The Morgan fingerprint density at radius 1 is 1.16 bits per heavy atom. The van der Waals surface area contributed by atoms with Crippen molar-refractivity contribution >= 4 is 6.03 Å². The van der Waals surface area contributed by atoms with Crippen LogP contribution in [0.5, 0.6) is 11.5 Å². The molecule has 1 saturated heterocycles. The Balaban J connectivity index is 1.69. The fourth-order valence-corrected chi connectivity index (χ4v) is 7.25. The number of rotatable bonds is 10. The molecule has 2 amide bonds. The number of hydrogen-bond donors (Lipinski definition) is 1. The van der Waals surface area contributed by atoms with E-state index in [4.69, 9.17) is 9.47 Å². The van der Waals surface area contributed by atoms with Crippen LogP contribution in [0.1, 0.15) is 81.8 Å². The van der Waals surface area contributed by atoms with Crippen molar-refractivity contribution in [2.24, 2.45) is 7.05 Å². The Hall–Kier alpha value is -2.74. The number of carbonyl (C=O) groups excluding carboxylic acids is 1. The van der Waals surface area contributed by atoms with Gasteiger partial charge in [0.2, 0.25) is 0 Å². The minimum atomic E-state index is -0.322. The van der Waals surface area contributed by atoms with Gasteiger partial charge in [0.15, 0.2) is 0 Å². The zero-order valence-corrected chi connectivity index (χ0v) is 24.0. The molecular weight excluding hydrogens is 466 g/mol. The van der Waals surface area contributed by atoms with Crippen LogP contribution in [0.25, 0.3) is 0 Å². The number of aromatic nitrogens is 2. The van der Waals surface area contributed by atoms with Gasteiger partial charge in [-0.3, -0.25) is 4.68 Å². The van der Waals surface area contributed by atoms with Crippen molar-refractivity contribution in [1.29, 1.82) is 0 Å². The van der Waals surface area contributed by atoms with Gasteiger partial charge in [0.05, 0.1) is 36.7 Å². The maximum absolute atomic E-state index is 14.1. The SMILES string of the molecule is CCCC1(CCNCc2cc(C)nn2C)N(CC)C(=O)N2Cc3cc(OC)cc(OC)c3[C@@H](C)CC21C. The highest BCUT2D eigenvalue weighted by Gasteiger charge is 2.63. The molecule has 1 aromatic carbocycles. The number of aryl methyl sites for hydroxylation is 2. The number of carbonyl (C=O) groups is 1. The second-order valence-electron chi connectivity index (χ2n) is 11.0. The Kier molecular flexibility index (Phi) is 7.79. The molecule has 204 valence electrons. The van der Waals surface area contributed by atoms with Gasteiger partial charge in [-0.2, -0.15) is 5.10 Å². The van der Waals surface area contributed by atoms with Crippen molar-refractivity contribution < 1.29 is 14.3 Å². The molecule has 4 rings (SSSR count). The van der Waals surface area contributed by atoms with Crippen molar-refractivity contribution in [2.45, 2.75) is 90.4 Å². The summed E-state index contributed by atoms with van der Waals surface area (Å²) in [6.45, 7) is 13.8. The van der Waals surface area contributed by atoms with Gasteiger partial charge >= 0.3 is 6.03 Å². The minimum Gasteiger partial charge on any atom is -0.497 e. The first-order chi connectivity index (χ1) is 17.6. The van der Waals surface area contributed by atoms with Crippen LogP contribution in [0.15, 0.2) is 18.2 Å². The number of urea groups is 1. The molecule has 37 heavy (non-hydrogen) atoms. The van der Waals surface area contributed by atoms with Crippen molar-refractivity contribution in [3.63, 3.8) is 0 Å². The zero-order chi connectivity index (χ0) is 27.0. The Bertz CT molecular complexity index is 1130. The molecule has 0 saturated carbocycles. The lowest BCUT2D eigenvalue weighted by Gasteiger charge is -2.49. The fourth-order valence-electron chi connectivity index (χ4n) is 7.25. The van der Waals surface area contributed by atoms with Crippen LogP contribution in [0.3, 0.4) is 0 Å². The maximum atomic E-state index is 14.1. The summed E-state index contributed by atoms with van der Waals surface area (Å²) in [5.74, 6) is 1.84. The van der Waals surface area contributed by atoms with E-state index in [1.54, 1.807) is 14.2 Å². The Morgan fingerprint density at radius 3 is 2.51 bits per heavy atom. The van der Waals surface area contributed by atoms with Crippen LogP contribution < -0.4 is 14.8 Å². The quantitative estimate of drug-likeness (QED) is 0.455. The third-order valence-electron chi connectivity index (χ3n) is 8.86. The number of amides is 2. The number of nitrogens with one attached hydrogen (secondary N) is 1. The summed E-state index contributed by atoms with van der Waals surface area (Å²) in [7, 11) is 5.39. The number of nitrogens with zero attached hydrogens (tertiary/aromatic N) is 4. The topological polar surface area (TPSA) is 71.9 Å². The van der Waals surface area contributed by atoms with E-state index in [2.05, 4.69) is 60.0 Å². The van der Waals surface area contributed by atoms with E-state index in [1.807, 2.05) is 24.7 Å². The molecule has 3 heterocycles. The molecule has 0 radical (unpaired) electrons. The van der Waals surface area contributed by atoms with E-state index in [-0.39, 0.29) is 23.0 Å². The average molecular weight is 512 g/mol. The van der Waals surface area contributed by atoms with Gasteiger partial charge in [0.1, 0.15) is 11.5 Å². The van der Waals surface area contributed by atoms with E-state index >= 15 is 0 Å². The summed E-state index contributed by atoms with van der Waals surface area (Å²) in [6.07, 6.45) is 3.77. The molecule has 1 aromatic heterocycles. The molecule has 8 heteroatoms. The van der Waals surface area contributed by atoms with E-state index in [9.17, 15) is 4.79 Å². The molecule has 1 fully saturated rings. The predicted molar refractivity (Wildman–Crippen MR) is 146 cm³/mol. The lowest BCUT2D eigenvalue weighted by atomic mass is 9.68. The van der Waals surface area contributed by atoms with Crippen LogP contribution in [-0.2, 0) is 20.1 Å². The van der Waals surface area contributed by atoms with Crippen molar-refractivity contribution in [3.8, 4) is 11.5 Å². The third-order valence-corrected chi connectivity index (χ3v) is 8.86. The molecule has 2 aliphatic rings. The molecule has 2 aliphatic heterocycles. The first-order valence-corrected chi connectivity index (χ1v) is 13.7. The number of benzene rings is 1. The number of fused-ring (bicyclic) bond motifs is 2.